The monoisotopic (exact) mass is 271 g/mol. The molecule has 0 aromatic carbocycles. The first-order chi connectivity index (χ1) is 8.74. The van der Waals surface area contributed by atoms with Crippen molar-refractivity contribution in [1.29, 1.82) is 0 Å². The van der Waals surface area contributed by atoms with E-state index in [1.807, 2.05) is 0 Å². The number of nitrogens with zero attached hydrogens (tertiary/aromatic N) is 2. The molecular weight excluding hydrogens is 250 g/mol. The number of rotatable bonds is 3. The van der Waals surface area contributed by atoms with Crippen LogP contribution in [0, 0.1) is 4.91 Å². The molecule has 0 aliphatic carbocycles. The van der Waals surface area contributed by atoms with E-state index >= 15 is 0 Å². The number of nitrogens with one attached hydrogen (secondary N) is 1. The summed E-state index contributed by atoms with van der Waals surface area (Å²) in [6.07, 6.45) is 0.00195. The van der Waals surface area contributed by atoms with Gasteiger partial charge in [0.15, 0.2) is 6.17 Å². The Labute approximate surface area is 112 Å². The van der Waals surface area contributed by atoms with Crippen LogP contribution in [0.3, 0.4) is 0 Å². The van der Waals surface area contributed by atoms with Crippen molar-refractivity contribution in [1.82, 2.24) is 10.2 Å². The molecule has 0 saturated carbocycles. The Morgan fingerprint density at radius 1 is 1.42 bits per heavy atom. The van der Waals surface area contributed by atoms with Crippen molar-refractivity contribution in [2.75, 3.05) is 6.54 Å². The predicted octanol–water partition coefficient (Wildman–Crippen LogP) is 1.61. The number of carbonyl (C=O) groups excluding carboxylic acids is 2. The largest absolute Gasteiger partial charge is 0.444 e. The fourth-order valence-electron chi connectivity index (χ4n) is 1.91. The minimum atomic E-state index is -0.798. The predicted molar refractivity (Wildman–Crippen MR) is 69.4 cm³/mol. The number of hydrogen-bond acceptors (Lipinski definition) is 5. The van der Waals surface area contributed by atoms with Crippen LogP contribution in [-0.4, -0.2) is 41.3 Å². The van der Waals surface area contributed by atoms with Crippen molar-refractivity contribution >= 4 is 12.0 Å². The second-order valence-electron chi connectivity index (χ2n) is 5.62. The van der Waals surface area contributed by atoms with Gasteiger partial charge in [0.05, 0.1) is 0 Å². The maximum absolute atomic E-state index is 12.0. The van der Waals surface area contributed by atoms with Crippen molar-refractivity contribution in [3.63, 3.8) is 0 Å². The van der Waals surface area contributed by atoms with E-state index in [4.69, 9.17) is 4.74 Å². The van der Waals surface area contributed by atoms with Gasteiger partial charge in [-0.3, -0.25) is 9.69 Å². The molecule has 0 bridgehead atoms. The average molecular weight is 271 g/mol. The molecule has 0 aromatic rings. The molecule has 1 fully saturated rings. The smallest absolute Gasteiger partial charge is 0.410 e. The van der Waals surface area contributed by atoms with Crippen molar-refractivity contribution in [3.8, 4) is 0 Å². The normalized spacial score (nSPS) is 20.8. The van der Waals surface area contributed by atoms with Gasteiger partial charge >= 0.3 is 6.09 Å². The minimum Gasteiger partial charge on any atom is -0.444 e. The zero-order chi connectivity index (χ0) is 14.6. The van der Waals surface area contributed by atoms with E-state index in [0.717, 1.165) is 6.42 Å². The molecule has 108 valence electrons. The van der Waals surface area contributed by atoms with Crippen LogP contribution >= 0.6 is 0 Å². The molecule has 7 heteroatoms. The molecule has 2 atom stereocenters. The SMILES string of the molecule is CC(N=O)NC(=O)[C@@H]1CCCN1C(=O)OC(C)(C)C. The van der Waals surface area contributed by atoms with E-state index in [0.29, 0.717) is 13.0 Å². The lowest BCUT2D eigenvalue weighted by Crippen LogP contribution is -2.49. The van der Waals surface area contributed by atoms with Crippen LogP contribution in [0.15, 0.2) is 5.18 Å². The van der Waals surface area contributed by atoms with Gasteiger partial charge in [0, 0.05) is 6.54 Å². The number of nitroso groups, excluding NO2 is 1. The van der Waals surface area contributed by atoms with Crippen LogP contribution in [0.4, 0.5) is 4.79 Å². The Hall–Kier alpha value is -1.66. The third kappa shape index (κ3) is 4.50. The minimum absolute atomic E-state index is 0.365. The highest BCUT2D eigenvalue weighted by atomic mass is 16.6. The van der Waals surface area contributed by atoms with E-state index < -0.39 is 23.9 Å². The van der Waals surface area contributed by atoms with Gasteiger partial charge in [-0.25, -0.2) is 4.79 Å². The average Bonchev–Trinajstić information content (AvgIpc) is 2.75. The van der Waals surface area contributed by atoms with Crippen molar-refractivity contribution < 1.29 is 14.3 Å². The van der Waals surface area contributed by atoms with Gasteiger partial charge in [0.2, 0.25) is 5.91 Å². The van der Waals surface area contributed by atoms with Crippen molar-refractivity contribution in [2.24, 2.45) is 5.18 Å². The molecule has 0 spiro atoms. The van der Waals surface area contributed by atoms with E-state index in [9.17, 15) is 14.5 Å². The highest BCUT2D eigenvalue weighted by Gasteiger charge is 2.36. The van der Waals surface area contributed by atoms with Crippen LogP contribution < -0.4 is 5.32 Å². The molecule has 1 aliphatic heterocycles. The number of carbonyl (C=O) groups is 2. The summed E-state index contributed by atoms with van der Waals surface area (Å²) in [6, 6.07) is -0.584. The van der Waals surface area contributed by atoms with Crippen LogP contribution in [-0.2, 0) is 9.53 Å². The lowest BCUT2D eigenvalue weighted by molar-refractivity contribution is -0.126. The number of likely N-dealkylation sites (tertiary alicyclic amines) is 1. The van der Waals surface area contributed by atoms with Gasteiger partial charge in [0.25, 0.3) is 0 Å². The van der Waals surface area contributed by atoms with Crippen molar-refractivity contribution in [3.05, 3.63) is 4.91 Å². The number of hydrogen-bond donors (Lipinski definition) is 1. The molecule has 1 rings (SSSR count). The second-order valence-corrected chi connectivity index (χ2v) is 5.62. The third-order valence-electron chi connectivity index (χ3n) is 2.69. The molecule has 1 saturated heterocycles. The highest BCUT2D eigenvalue weighted by Crippen LogP contribution is 2.21. The maximum atomic E-state index is 12.0. The van der Waals surface area contributed by atoms with Gasteiger partial charge < -0.3 is 10.1 Å². The molecule has 1 aliphatic rings. The Bertz CT molecular complexity index is 364. The summed E-state index contributed by atoms with van der Waals surface area (Å²) < 4.78 is 5.26. The Morgan fingerprint density at radius 3 is 2.58 bits per heavy atom. The van der Waals surface area contributed by atoms with E-state index in [1.165, 1.54) is 11.8 Å². The molecule has 2 amide bonds. The van der Waals surface area contributed by atoms with E-state index in [2.05, 4.69) is 10.5 Å². The molecule has 0 aromatic heterocycles. The van der Waals surface area contributed by atoms with Gasteiger partial charge in [-0.2, -0.15) is 0 Å². The lowest BCUT2D eigenvalue weighted by atomic mass is 10.2. The summed E-state index contributed by atoms with van der Waals surface area (Å²) in [6.45, 7) is 7.28. The van der Waals surface area contributed by atoms with Gasteiger partial charge in [-0.1, -0.05) is 0 Å². The van der Waals surface area contributed by atoms with Crippen molar-refractivity contribution in [2.45, 2.75) is 58.3 Å². The molecule has 7 nitrogen and oxygen atoms in total. The fraction of sp³-hybridized carbons (Fsp3) is 0.833. The first-order valence-electron chi connectivity index (χ1n) is 6.37. The molecular formula is C12H21N3O4. The zero-order valence-corrected chi connectivity index (χ0v) is 11.8. The fourth-order valence-corrected chi connectivity index (χ4v) is 1.91. The topological polar surface area (TPSA) is 88.1 Å². The first-order valence-corrected chi connectivity index (χ1v) is 6.37. The maximum Gasteiger partial charge on any atom is 0.410 e. The third-order valence-corrected chi connectivity index (χ3v) is 2.69. The summed E-state index contributed by atoms with van der Waals surface area (Å²) in [7, 11) is 0. The molecule has 1 N–H and O–H groups in total. The number of amides is 2. The molecule has 19 heavy (non-hydrogen) atoms. The Kier molecular flexibility index (Phi) is 4.85. The zero-order valence-electron chi connectivity index (χ0n) is 11.8. The van der Waals surface area contributed by atoms with Crippen LogP contribution in [0.1, 0.15) is 40.5 Å². The van der Waals surface area contributed by atoms with Crippen LogP contribution in [0.25, 0.3) is 0 Å². The van der Waals surface area contributed by atoms with E-state index in [-0.39, 0.29) is 5.91 Å². The second kappa shape index (κ2) is 5.99. The molecule has 0 radical (unpaired) electrons. The standard InChI is InChI=1S/C12H21N3O4/c1-8(14-18)13-10(16)9-6-5-7-15(9)11(17)19-12(2,3)4/h8-9H,5-7H2,1-4H3,(H,13,16)/t8?,9-/m0/s1. The van der Waals surface area contributed by atoms with Gasteiger partial charge in [-0.15, -0.1) is 4.91 Å². The summed E-state index contributed by atoms with van der Waals surface area (Å²) in [5, 5.41) is 5.16. The summed E-state index contributed by atoms with van der Waals surface area (Å²) in [4.78, 5) is 35.6. The molecule has 1 unspecified atom stereocenters. The first kappa shape index (κ1) is 15.4. The van der Waals surface area contributed by atoms with Crippen LogP contribution in [0.2, 0.25) is 0 Å². The molecule has 1 heterocycles. The Morgan fingerprint density at radius 2 is 2.05 bits per heavy atom. The summed E-state index contributed by atoms with van der Waals surface area (Å²) >= 11 is 0. The highest BCUT2D eigenvalue weighted by molar-refractivity contribution is 5.86. The summed E-state index contributed by atoms with van der Waals surface area (Å²) in [5.41, 5.74) is -0.599. The van der Waals surface area contributed by atoms with Gasteiger partial charge in [-0.05, 0) is 45.7 Å². The number of ether oxygens (including phenoxy) is 1. The lowest BCUT2D eigenvalue weighted by Gasteiger charge is -2.28. The Balaban J connectivity index is 2.65. The summed E-state index contributed by atoms with van der Waals surface area (Å²) in [5.74, 6) is -0.365. The van der Waals surface area contributed by atoms with Gasteiger partial charge in [0.1, 0.15) is 11.6 Å². The van der Waals surface area contributed by atoms with Crippen LogP contribution in [0.5, 0.6) is 0 Å². The quantitative estimate of drug-likeness (QED) is 0.790. The van der Waals surface area contributed by atoms with E-state index in [1.54, 1.807) is 20.8 Å².